The SMILES string of the molecule is CCc1cccc(CC)c1[N+]1=CC(C)(C2CCCCC2)CC1(C)C.F[B-](F)(F)F. The highest BCUT2D eigenvalue weighted by Gasteiger charge is 2.52. The lowest BCUT2D eigenvalue weighted by molar-refractivity contribution is -0.512. The van der Waals surface area contributed by atoms with Crippen LogP contribution in [0.25, 0.3) is 0 Å². The third kappa shape index (κ3) is 6.08. The average Bonchev–Trinajstić information content (AvgIpc) is 2.90. The molecule has 1 atom stereocenters. The number of benzene rings is 1. The topological polar surface area (TPSA) is 3.01 Å². The molecule has 0 N–H and O–H groups in total. The molecule has 0 amide bonds. The molecule has 0 bridgehead atoms. The van der Waals surface area contributed by atoms with Crippen LogP contribution in [0.4, 0.5) is 23.0 Å². The van der Waals surface area contributed by atoms with Crippen molar-refractivity contribution in [1.29, 1.82) is 0 Å². The fourth-order valence-corrected chi connectivity index (χ4v) is 5.44. The van der Waals surface area contributed by atoms with Crippen LogP contribution in [0.15, 0.2) is 18.2 Å². The van der Waals surface area contributed by atoms with Crippen molar-refractivity contribution in [2.75, 3.05) is 0 Å². The van der Waals surface area contributed by atoms with Gasteiger partial charge >= 0.3 is 7.25 Å². The molecule has 1 nitrogen and oxygen atoms in total. The van der Waals surface area contributed by atoms with E-state index in [1.165, 1.54) is 55.3 Å². The molecule has 0 saturated heterocycles. The van der Waals surface area contributed by atoms with Crippen LogP contribution in [0, 0.1) is 11.3 Å². The molecule has 1 unspecified atom stereocenters. The smallest absolute Gasteiger partial charge is 0.418 e. The van der Waals surface area contributed by atoms with E-state index in [4.69, 9.17) is 0 Å². The summed E-state index contributed by atoms with van der Waals surface area (Å²) in [6.45, 7) is 12.0. The van der Waals surface area contributed by atoms with Crippen LogP contribution in [0.3, 0.4) is 0 Å². The number of hydrogen-bond acceptors (Lipinski definition) is 0. The lowest BCUT2D eigenvalue weighted by Crippen LogP contribution is -2.33. The number of nitrogens with zero attached hydrogens (tertiary/aromatic N) is 1. The van der Waals surface area contributed by atoms with Crippen LogP contribution in [0.5, 0.6) is 0 Å². The van der Waals surface area contributed by atoms with Gasteiger partial charge in [-0.2, -0.15) is 4.58 Å². The Bertz CT molecular complexity index is 692. The van der Waals surface area contributed by atoms with Gasteiger partial charge in [0.15, 0.2) is 11.8 Å². The van der Waals surface area contributed by atoms with Crippen LogP contribution in [-0.2, 0) is 12.8 Å². The van der Waals surface area contributed by atoms with Gasteiger partial charge in [-0.15, -0.1) is 0 Å². The molecular weight excluding hydrogens is 377 g/mol. The summed E-state index contributed by atoms with van der Waals surface area (Å²) in [7, 11) is -6.00. The van der Waals surface area contributed by atoms with Crippen molar-refractivity contribution in [2.24, 2.45) is 11.3 Å². The first-order valence-corrected chi connectivity index (χ1v) is 11.0. The molecule has 1 heterocycles. The first-order chi connectivity index (χ1) is 13.4. The zero-order valence-electron chi connectivity index (χ0n) is 18.6. The van der Waals surface area contributed by atoms with E-state index < -0.39 is 7.25 Å². The van der Waals surface area contributed by atoms with E-state index in [0.717, 1.165) is 18.8 Å². The zero-order chi connectivity index (χ0) is 21.9. The Kier molecular flexibility index (Phi) is 7.61. The van der Waals surface area contributed by atoms with Gasteiger partial charge in [0.05, 0.1) is 5.41 Å². The van der Waals surface area contributed by atoms with Crippen LogP contribution < -0.4 is 0 Å². The molecule has 3 rings (SSSR count). The molecule has 0 aromatic heterocycles. The number of aryl methyl sites for hydroxylation is 2. The molecule has 164 valence electrons. The number of hydrogen-bond donors (Lipinski definition) is 0. The normalized spacial score (nSPS) is 24.7. The fraction of sp³-hybridized carbons (Fsp3) is 0.696. The zero-order valence-corrected chi connectivity index (χ0v) is 18.6. The quantitative estimate of drug-likeness (QED) is 0.272. The minimum Gasteiger partial charge on any atom is -0.418 e. The summed E-state index contributed by atoms with van der Waals surface area (Å²) in [4.78, 5) is 0. The summed E-state index contributed by atoms with van der Waals surface area (Å²) in [6.07, 6.45) is 13.3. The number of rotatable bonds is 4. The van der Waals surface area contributed by atoms with Gasteiger partial charge < -0.3 is 17.3 Å². The summed E-state index contributed by atoms with van der Waals surface area (Å²) in [6, 6.07) is 6.90. The van der Waals surface area contributed by atoms with E-state index in [0.29, 0.717) is 5.41 Å². The summed E-state index contributed by atoms with van der Waals surface area (Å²) in [5.74, 6) is 0.870. The van der Waals surface area contributed by atoms with Crippen molar-refractivity contribution in [2.45, 2.75) is 91.5 Å². The maximum Gasteiger partial charge on any atom is 0.673 e. The summed E-state index contributed by atoms with van der Waals surface area (Å²) >= 11 is 0. The van der Waals surface area contributed by atoms with E-state index in [9.17, 15) is 17.3 Å². The van der Waals surface area contributed by atoms with Gasteiger partial charge in [-0.1, -0.05) is 51.3 Å². The molecular formula is C23H36BF4N. The molecule has 29 heavy (non-hydrogen) atoms. The first kappa shape index (κ1) is 23.9. The maximum atomic E-state index is 9.75. The Morgan fingerprint density at radius 2 is 1.41 bits per heavy atom. The predicted octanol–water partition coefficient (Wildman–Crippen LogP) is 7.60. The first-order valence-electron chi connectivity index (χ1n) is 11.0. The van der Waals surface area contributed by atoms with Crippen LogP contribution in [0.1, 0.15) is 84.3 Å². The second-order valence-corrected chi connectivity index (χ2v) is 9.46. The van der Waals surface area contributed by atoms with Gasteiger partial charge in [0.2, 0.25) is 5.69 Å². The van der Waals surface area contributed by atoms with Gasteiger partial charge in [-0.05, 0) is 38.5 Å². The van der Waals surface area contributed by atoms with Gasteiger partial charge in [0.25, 0.3) is 0 Å². The highest BCUT2D eigenvalue weighted by Crippen LogP contribution is 2.49. The van der Waals surface area contributed by atoms with Crippen molar-refractivity contribution >= 4 is 19.2 Å². The monoisotopic (exact) mass is 413 g/mol. The Morgan fingerprint density at radius 3 is 1.86 bits per heavy atom. The van der Waals surface area contributed by atoms with E-state index >= 15 is 0 Å². The van der Waals surface area contributed by atoms with E-state index in [-0.39, 0.29) is 5.54 Å². The highest BCUT2D eigenvalue weighted by atomic mass is 19.5. The van der Waals surface area contributed by atoms with Crippen molar-refractivity contribution in [3.05, 3.63) is 29.3 Å². The molecule has 1 saturated carbocycles. The standard InChI is InChI=1S/C23H36N.BF4/c1-6-18-12-11-13-19(7-2)21(18)24-17-23(5,16-22(24,3)4)20-14-9-8-10-15-20;2-1(3,4)5/h11-13,17,20H,6-10,14-16H2,1-5H3;/q+1;-1. The number of halogens is 4. The van der Waals surface area contributed by atoms with Gasteiger partial charge in [0.1, 0.15) is 0 Å². The van der Waals surface area contributed by atoms with Crippen LogP contribution >= 0.6 is 0 Å². The highest BCUT2D eigenvalue weighted by molar-refractivity contribution is 6.50. The van der Waals surface area contributed by atoms with E-state index in [1.54, 1.807) is 0 Å². The van der Waals surface area contributed by atoms with Crippen molar-refractivity contribution in [3.63, 3.8) is 0 Å². The molecule has 1 aromatic rings. The van der Waals surface area contributed by atoms with Crippen molar-refractivity contribution in [3.8, 4) is 0 Å². The third-order valence-corrected chi connectivity index (χ3v) is 6.63. The Balaban J connectivity index is 0.000000537. The second-order valence-electron chi connectivity index (χ2n) is 9.46. The van der Waals surface area contributed by atoms with Gasteiger partial charge in [-0.25, -0.2) is 0 Å². The summed E-state index contributed by atoms with van der Waals surface area (Å²) < 4.78 is 41.7. The fourth-order valence-electron chi connectivity index (χ4n) is 5.44. The number of para-hydroxylation sites is 1. The molecule has 0 radical (unpaired) electrons. The predicted molar refractivity (Wildman–Crippen MR) is 115 cm³/mol. The van der Waals surface area contributed by atoms with Crippen LogP contribution in [0.2, 0.25) is 0 Å². The lowest BCUT2D eigenvalue weighted by Gasteiger charge is -2.33. The van der Waals surface area contributed by atoms with Gasteiger partial charge in [-0.3, -0.25) is 0 Å². The summed E-state index contributed by atoms with van der Waals surface area (Å²) in [5, 5.41) is 0. The maximum absolute atomic E-state index is 9.75. The molecule has 0 spiro atoms. The Morgan fingerprint density at radius 1 is 0.931 bits per heavy atom. The van der Waals surface area contributed by atoms with Crippen LogP contribution in [-0.4, -0.2) is 23.6 Å². The third-order valence-electron chi connectivity index (χ3n) is 6.63. The molecule has 1 aliphatic heterocycles. The van der Waals surface area contributed by atoms with Crippen molar-refractivity contribution in [1.82, 2.24) is 0 Å². The molecule has 1 fully saturated rings. The largest absolute Gasteiger partial charge is 0.673 e. The second kappa shape index (κ2) is 9.22. The van der Waals surface area contributed by atoms with E-state index in [2.05, 4.69) is 63.6 Å². The van der Waals surface area contributed by atoms with Gasteiger partial charge in [0, 0.05) is 31.4 Å². The van der Waals surface area contributed by atoms with E-state index in [1.807, 2.05) is 0 Å². The molecule has 2 aliphatic rings. The minimum atomic E-state index is -6.00. The lowest BCUT2D eigenvalue weighted by atomic mass is 9.67. The molecule has 1 aromatic carbocycles. The molecule has 1 aliphatic carbocycles. The minimum absolute atomic E-state index is 0.210. The Hall–Kier alpha value is -1.33. The van der Waals surface area contributed by atoms with Crippen molar-refractivity contribution < 1.29 is 21.8 Å². The Labute approximate surface area is 173 Å². The average molecular weight is 413 g/mol. The molecule has 6 heteroatoms. The summed E-state index contributed by atoms with van der Waals surface area (Å²) in [5.41, 5.74) is 5.09.